The van der Waals surface area contributed by atoms with Gasteiger partial charge in [-0.05, 0) is 17.7 Å². The van der Waals surface area contributed by atoms with Crippen LogP contribution in [0.15, 0.2) is 34.8 Å². The van der Waals surface area contributed by atoms with E-state index >= 15 is 0 Å². The van der Waals surface area contributed by atoms with Gasteiger partial charge in [-0.25, -0.2) is 8.42 Å². The highest BCUT2D eigenvalue weighted by Gasteiger charge is 2.21. The predicted molar refractivity (Wildman–Crippen MR) is 79.1 cm³/mol. The van der Waals surface area contributed by atoms with E-state index in [1.54, 1.807) is 24.3 Å². The standard InChI is InChI=1S/C13H17N3O4S/c1-20-12-6-9(2-3-11(12)13(14)16-17)7-15-10-4-5-21(18,19)8-10/h2-6,10,15,17H,7-8H2,1H3,(H2,14,16). The number of nitrogens with two attached hydrogens (primary N) is 1. The number of methoxy groups -OCH3 is 1. The number of hydrogen-bond acceptors (Lipinski definition) is 6. The zero-order valence-corrected chi connectivity index (χ0v) is 12.3. The van der Waals surface area contributed by atoms with E-state index in [0.29, 0.717) is 17.9 Å². The van der Waals surface area contributed by atoms with Crippen LogP contribution in [0.4, 0.5) is 0 Å². The Hall–Kier alpha value is -2.06. The summed E-state index contributed by atoms with van der Waals surface area (Å²) in [5.41, 5.74) is 6.95. The fourth-order valence-corrected chi connectivity index (χ4v) is 3.33. The van der Waals surface area contributed by atoms with Gasteiger partial charge in [0.25, 0.3) is 0 Å². The summed E-state index contributed by atoms with van der Waals surface area (Å²) in [4.78, 5) is 0. The Morgan fingerprint density at radius 1 is 1.57 bits per heavy atom. The van der Waals surface area contributed by atoms with Crippen molar-refractivity contribution in [1.29, 1.82) is 0 Å². The number of hydrogen-bond donors (Lipinski definition) is 3. The molecule has 114 valence electrons. The van der Waals surface area contributed by atoms with Gasteiger partial charge in [0, 0.05) is 18.0 Å². The minimum atomic E-state index is -3.06. The second kappa shape index (κ2) is 6.15. The molecule has 0 fully saturated rings. The van der Waals surface area contributed by atoms with Crippen molar-refractivity contribution in [3.05, 3.63) is 40.8 Å². The zero-order valence-electron chi connectivity index (χ0n) is 11.5. The van der Waals surface area contributed by atoms with Gasteiger partial charge < -0.3 is 21.0 Å². The molecule has 4 N–H and O–H groups in total. The van der Waals surface area contributed by atoms with Crippen LogP contribution in [-0.2, 0) is 16.4 Å². The predicted octanol–water partition coefficient (Wildman–Crippen LogP) is 0.190. The molecule has 0 spiro atoms. The van der Waals surface area contributed by atoms with Crippen molar-refractivity contribution in [2.45, 2.75) is 12.6 Å². The fraction of sp³-hybridized carbons (Fsp3) is 0.308. The Labute approximate surface area is 123 Å². The summed E-state index contributed by atoms with van der Waals surface area (Å²) in [6.45, 7) is 0.483. The van der Waals surface area contributed by atoms with Crippen LogP contribution in [0.1, 0.15) is 11.1 Å². The lowest BCUT2D eigenvalue weighted by molar-refractivity contribution is 0.318. The van der Waals surface area contributed by atoms with Gasteiger partial charge in [0.1, 0.15) is 5.75 Å². The van der Waals surface area contributed by atoms with Crippen LogP contribution in [0.5, 0.6) is 5.75 Å². The Bertz CT molecular complexity index is 683. The van der Waals surface area contributed by atoms with E-state index < -0.39 is 9.84 Å². The molecule has 21 heavy (non-hydrogen) atoms. The number of rotatable bonds is 5. The third-order valence-electron chi connectivity index (χ3n) is 3.15. The Balaban J connectivity index is 2.07. The summed E-state index contributed by atoms with van der Waals surface area (Å²) in [5.74, 6) is 0.530. The Kier molecular flexibility index (Phi) is 4.49. The van der Waals surface area contributed by atoms with Crippen LogP contribution < -0.4 is 15.8 Å². The smallest absolute Gasteiger partial charge is 0.173 e. The molecule has 8 heteroatoms. The minimum absolute atomic E-state index is 0.0313. The molecule has 0 saturated heterocycles. The number of nitrogens with one attached hydrogen (secondary N) is 1. The first-order valence-electron chi connectivity index (χ1n) is 6.24. The average Bonchev–Trinajstić information content (AvgIpc) is 2.83. The average molecular weight is 311 g/mol. The second-order valence-corrected chi connectivity index (χ2v) is 6.60. The van der Waals surface area contributed by atoms with E-state index in [2.05, 4.69) is 10.5 Å². The monoisotopic (exact) mass is 311 g/mol. The molecule has 1 unspecified atom stereocenters. The van der Waals surface area contributed by atoms with Gasteiger partial charge in [-0.1, -0.05) is 17.3 Å². The number of sulfone groups is 1. The van der Waals surface area contributed by atoms with E-state index in [1.165, 1.54) is 12.5 Å². The summed E-state index contributed by atoms with van der Waals surface area (Å²) in [5, 5.41) is 16.0. The van der Waals surface area contributed by atoms with Crippen molar-refractivity contribution in [2.24, 2.45) is 10.9 Å². The maximum absolute atomic E-state index is 11.3. The van der Waals surface area contributed by atoms with Crippen LogP contribution in [0.25, 0.3) is 0 Å². The SMILES string of the molecule is COc1cc(CNC2C=CS(=O)(=O)C2)ccc1/C(N)=N/O. The largest absolute Gasteiger partial charge is 0.496 e. The maximum atomic E-state index is 11.3. The Morgan fingerprint density at radius 3 is 2.90 bits per heavy atom. The molecule has 2 rings (SSSR count). The van der Waals surface area contributed by atoms with Gasteiger partial charge in [0.05, 0.1) is 18.4 Å². The van der Waals surface area contributed by atoms with Crippen LogP contribution in [0, 0.1) is 0 Å². The van der Waals surface area contributed by atoms with Crippen molar-refractivity contribution in [1.82, 2.24) is 5.32 Å². The first-order valence-corrected chi connectivity index (χ1v) is 7.96. The highest BCUT2D eigenvalue weighted by Crippen LogP contribution is 2.20. The number of benzene rings is 1. The summed E-state index contributed by atoms with van der Waals surface area (Å²) < 4.78 is 27.8. The molecule has 7 nitrogen and oxygen atoms in total. The van der Waals surface area contributed by atoms with Gasteiger partial charge in [0.2, 0.25) is 0 Å². The quantitative estimate of drug-likeness (QED) is 0.309. The molecular formula is C13H17N3O4S. The molecular weight excluding hydrogens is 294 g/mol. The maximum Gasteiger partial charge on any atom is 0.173 e. The number of oxime groups is 1. The van der Waals surface area contributed by atoms with E-state index in [4.69, 9.17) is 15.7 Å². The van der Waals surface area contributed by atoms with Gasteiger partial charge in [-0.2, -0.15) is 0 Å². The third kappa shape index (κ3) is 3.73. The summed E-state index contributed by atoms with van der Waals surface area (Å²) in [6.07, 6.45) is 1.64. The van der Waals surface area contributed by atoms with Crippen LogP contribution >= 0.6 is 0 Å². The van der Waals surface area contributed by atoms with E-state index in [0.717, 1.165) is 5.56 Å². The van der Waals surface area contributed by atoms with Crippen molar-refractivity contribution in [3.63, 3.8) is 0 Å². The van der Waals surface area contributed by atoms with Crippen molar-refractivity contribution < 1.29 is 18.4 Å². The molecule has 1 aromatic carbocycles. The molecule has 1 aromatic rings. The number of nitrogens with zero attached hydrogens (tertiary/aromatic N) is 1. The molecule has 1 aliphatic rings. The molecule has 0 aromatic heterocycles. The molecule has 1 atom stereocenters. The Morgan fingerprint density at radius 2 is 2.33 bits per heavy atom. The third-order valence-corrected chi connectivity index (χ3v) is 4.54. The molecule has 0 bridgehead atoms. The van der Waals surface area contributed by atoms with Crippen molar-refractivity contribution >= 4 is 15.7 Å². The lowest BCUT2D eigenvalue weighted by atomic mass is 10.1. The summed E-state index contributed by atoms with van der Waals surface area (Å²) >= 11 is 0. The van der Waals surface area contributed by atoms with E-state index in [1.807, 2.05) is 0 Å². The molecule has 1 aliphatic heterocycles. The second-order valence-electron chi connectivity index (χ2n) is 4.67. The fourth-order valence-electron chi connectivity index (χ4n) is 2.06. The number of amidine groups is 1. The van der Waals surface area contributed by atoms with Crippen molar-refractivity contribution in [3.8, 4) is 5.75 Å². The molecule has 0 aliphatic carbocycles. The van der Waals surface area contributed by atoms with Crippen LogP contribution in [0.3, 0.4) is 0 Å². The van der Waals surface area contributed by atoms with Gasteiger partial charge in [-0.15, -0.1) is 0 Å². The van der Waals surface area contributed by atoms with Crippen molar-refractivity contribution in [2.75, 3.05) is 12.9 Å². The lowest BCUT2D eigenvalue weighted by Gasteiger charge is -2.12. The first-order chi connectivity index (χ1) is 9.95. The highest BCUT2D eigenvalue weighted by molar-refractivity contribution is 7.94. The zero-order chi connectivity index (χ0) is 15.5. The lowest BCUT2D eigenvalue weighted by Crippen LogP contribution is -2.29. The normalized spacial score (nSPS) is 20.6. The summed E-state index contributed by atoms with van der Waals surface area (Å²) in [7, 11) is -1.57. The van der Waals surface area contributed by atoms with E-state index in [9.17, 15) is 8.42 Å². The first kappa shape index (κ1) is 15.3. The molecule has 0 amide bonds. The number of ether oxygens (including phenoxy) is 1. The molecule has 1 heterocycles. The van der Waals surface area contributed by atoms with E-state index in [-0.39, 0.29) is 17.6 Å². The highest BCUT2D eigenvalue weighted by atomic mass is 32.2. The van der Waals surface area contributed by atoms with Crippen LogP contribution in [0.2, 0.25) is 0 Å². The minimum Gasteiger partial charge on any atom is -0.496 e. The molecule has 0 radical (unpaired) electrons. The molecule has 0 saturated carbocycles. The summed E-state index contributed by atoms with van der Waals surface area (Å²) in [6, 6.07) is 5.06. The van der Waals surface area contributed by atoms with Crippen LogP contribution in [-0.4, -0.2) is 38.4 Å². The van der Waals surface area contributed by atoms with Gasteiger partial charge >= 0.3 is 0 Å². The van der Waals surface area contributed by atoms with Gasteiger partial charge in [0.15, 0.2) is 15.7 Å². The topological polar surface area (TPSA) is 114 Å². The van der Waals surface area contributed by atoms with Gasteiger partial charge in [-0.3, -0.25) is 0 Å².